The summed E-state index contributed by atoms with van der Waals surface area (Å²) in [5.41, 5.74) is 1.12. The zero-order valence-electron chi connectivity index (χ0n) is 21.3. The van der Waals surface area contributed by atoms with E-state index in [9.17, 15) is 22.4 Å². The molecule has 37 heavy (non-hydrogen) atoms. The minimum atomic E-state index is -3.60. The van der Waals surface area contributed by atoms with E-state index in [1.54, 1.807) is 43.3 Å². The normalized spacial score (nSPS) is 15.1. The van der Waals surface area contributed by atoms with Crippen molar-refractivity contribution in [1.29, 1.82) is 0 Å². The zero-order valence-corrected chi connectivity index (χ0v) is 22.9. The Morgan fingerprint density at radius 3 is 2.41 bits per heavy atom. The summed E-state index contributed by atoms with van der Waals surface area (Å²) in [5.74, 6) is -0.888. The maximum absolute atomic E-state index is 13.4. The third-order valence-corrected chi connectivity index (χ3v) is 8.06. The van der Waals surface area contributed by atoms with E-state index in [2.05, 4.69) is 5.32 Å². The van der Waals surface area contributed by atoms with Gasteiger partial charge in [0.2, 0.25) is 21.8 Å². The van der Waals surface area contributed by atoms with Crippen molar-refractivity contribution in [2.24, 2.45) is 0 Å². The molecule has 7 nitrogen and oxygen atoms in total. The van der Waals surface area contributed by atoms with Gasteiger partial charge in [-0.3, -0.25) is 13.9 Å². The lowest BCUT2D eigenvalue weighted by molar-refractivity contribution is -0.141. The molecule has 0 heterocycles. The van der Waals surface area contributed by atoms with Crippen LogP contribution in [0.2, 0.25) is 5.02 Å². The third-order valence-electron chi connectivity index (χ3n) is 6.63. The number of carbonyl (C=O) groups is 2. The molecule has 0 spiro atoms. The Hall–Kier alpha value is -2.65. The van der Waals surface area contributed by atoms with Crippen molar-refractivity contribution in [3.05, 3.63) is 64.9 Å². The second-order valence-corrected chi connectivity index (χ2v) is 11.9. The van der Waals surface area contributed by atoms with Crippen molar-refractivity contribution >= 4 is 39.1 Å². The summed E-state index contributed by atoms with van der Waals surface area (Å²) < 4.78 is 39.5. The van der Waals surface area contributed by atoms with Gasteiger partial charge in [-0.15, -0.1) is 0 Å². The predicted octanol–water partition coefficient (Wildman–Crippen LogP) is 4.89. The van der Waals surface area contributed by atoms with Gasteiger partial charge < -0.3 is 10.2 Å². The lowest BCUT2D eigenvalue weighted by atomic mass is 9.95. The van der Waals surface area contributed by atoms with E-state index in [4.69, 9.17) is 11.6 Å². The molecule has 0 unspecified atom stereocenters. The van der Waals surface area contributed by atoms with E-state index in [1.807, 2.05) is 0 Å². The van der Waals surface area contributed by atoms with Crippen molar-refractivity contribution in [2.45, 2.75) is 70.5 Å². The van der Waals surface area contributed by atoms with Crippen LogP contribution in [0.25, 0.3) is 0 Å². The van der Waals surface area contributed by atoms with Crippen LogP contribution in [-0.4, -0.2) is 50.0 Å². The highest BCUT2D eigenvalue weighted by Crippen LogP contribution is 2.23. The number of amides is 2. The van der Waals surface area contributed by atoms with E-state index >= 15 is 0 Å². The number of sulfonamides is 1. The number of nitrogens with one attached hydrogen (secondary N) is 1. The summed E-state index contributed by atoms with van der Waals surface area (Å²) in [6.07, 6.45) is 6.54. The zero-order chi connectivity index (χ0) is 27.0. The van der Waals surface area contributed by atoms with Gasteiger partial charge in [0, 0.05) is 30.6 Å². The Bertz CT molecular complexity index is 1170. The molecule has 10 heteroatoms. The summed E-state index contributed by atoms with van der Waals surface area (Å²) in [7, 11) is -3.60. The number of nitrogens with zero attached hydrogens (tertiary/aromatic N) is 2. The smallest absolute Gasteiger partial charge is 0.242 e. The molecule has 0 aromatic heterocycles. The van der Waals surface area contributed by atoms with Gasteiger partial charge in [-0.25, -0.2) is 12.8 Å². The van der Waals surface area contributed by atoms with Crippen molar-refractivity contribution in [1.82, 2.24) is 10.2 Å². The fourth-order valence-electron chi connectivity index (χ4n) is 4.57. The van der Waals surface area contributed by atoms with Crippen molar-refractivity contribution in [3.8, 4) is 0 Å². The molecular formula is C27H35ClFN3O4S. The topological polar surface area (TPSA) is 86.8 Å². The molecule has 1 saturated carbocycles. The highest BCUT2D eigenvalue weighted by atomic mass is 35.5. The molecule has 2 amide bonds. The molecule has 2 aromatic rings. The molecule has 2 aromatic carbocycles. The van der Waals surface area contributed by atoms with Crippen LogP contribution in [0.4, 0.5) is 10.1 Å². The number of hydrogen-bond donors (Lipinski definition) is 1. The first kappa shape index (κ1) is 28.9. The van der Waals surface area contributed by atoms with Gasteiger partial charge in [-0.1, -0.05) is 49.1 Å². The highest BCUT2D eigenvalue weighted by molar-refractivity contribution is 7.92. The highest BCUT2D eigenvalue weighted by Gasteiger charge is 2.28. The minimum Gasteiger partial charge on any atom is -0.352 e. The Balaban J connectivity index is 1.71. The minimum absolute atomic E-state index is 0.0365. The molecule has 1 aliphatic rings. The van der Waals surface area contributed by atoms with Gasteiger partial charge >= 0.3 is 0 Å². The Labute approximate surface area is 224 Å². The van der Waals surface area contributed by atoms with Gasteiger partial charge in [0.1, 0.15) is 11.9 Å². The summed E-state index contributed by atoms with van der Waals surface area (Å²) in [6.45, 7) is 1.91. The SMILES string of the molecule is C[C@H](C(=O)NC1CCCCC1)N(Cc1ccc(F)cc1)C(=O)CCCN(c1cccc(Cl)c1)S(C)(=O)=O. The first-order valence-electron chi connectivity index (χ1n) is 12.6. The lowest BCUT2D eigenvalue weighted by Gasteiger charge is -2.31. The van der Waals surface area contributed by atoms with E-state index in [0.29, 0.717) is 16.3 Å². The maximum Gasteiger partial charge on any atom is 0.242 e. The molecule has 0 saturated heterocycles. The van der Waals surface area contributed by atoms with Gasteiger partial charge in [-0.05, 0) is 62.1 Å². The quantitative estimate of drug-likeness (QED) is 0.431. The number of halogens is 2. The van der Waals surface area contributed by atoms with Crippen LogP contribution in [-0.2, 0) is 26.2 Å². The first-order valence-corrected chi connectivity index (χ1v) is 14.8. The molecule has 1 fully saturated rings. The van der Waals surface area contributed by atoms with Crippen molar-refractivity contribution in [2.75, 3.05) is 17.1 Å². The summed E-state index contributed by atoms with van der Waals surface area (Å²) in [5, 5.41) is 3.48. The number of rotatable bonds is 11. The first-order chi connectivity index (χ1) is 17.5. The molecule has 0 radical (unpaired) electrons. The standard InChI is InChI=1S/C27H35ClFN3O4S/c1-20(27(34)30-24-9-4-3-5-10-24)31(19-21-13-15-23(29)16-14-21)26(33)12-7-17-32(37(2,35)36)25-11-6-8-22(28)18-25/h6,8,11,13-16,18,20,24H,3-5,7,9-10,12,17,19H2,1-2H3,(H,30,34)/t20-/m1/s1. The molecule has 1 N–H and O–H groups in total. The summed E-state index contributed by atoms with van der Waals surface area (Å²) >= 11 is 6.04. The monoisotopic (exact) mass is 551 g/mol. The second-order valence-electron chi connectivity index (χ2n) is 9.59. The second kappa shape index (κ2) is 13.2. The predicted molar refractivity (Wildman–Crippen MR) is 144 cm³/mol. The Kier molecular flexibility index (Phi) is 10.3. The molecular weight excluding hydrogens is 517 g/mol. The number of benzene rings is 2. The molecule has 0 aliphatic heterocycles. The Morgan fingerprint density at radius 2 is 1.78 bits per heavy atom. The largest absolute Gasteiger partial charge is 0.352 e. The van der Waals surface area contributed by atoms with Gasteiger partial charge in [0.05, 0.1) is 11.9 Å². The van der Waals surface area contributed by atoms with Crippen LogP contribution < -0.4 is 9.62 Å². The van der Waals surface area contributed by atoms with E-state index in [0.717, 1.165) is 38.4 Å². The maximum atomic E-state index is 13.4. The number of hydrogen-bond acceptors (Lipinski definition) is 4. The molecule has 1 aliphatic carbocycles. The van der Waals surface area contributed by atoms with Gasteiger partial charge in [0.25, 0.3) is 0 Å². The van der Waals surface area contributed by atoms with Crippen LogP contribution in [0.5, 0.6) is 0 Å². The fourth-order valence-corrected chi connectivity index (χ4v) is 5.71. The van der Waals surface area contributed by atoms with Crippen LogP contribution in [0, 0.1) is 5.82 Å². The molecule has 1 atom stereocenters. The number of carbonyl (C=O) groups excluding carboxylic acids is 2. The fraction of sp³-hybridized carbons (Fsp3) is 0.481. The van der Waals surface area contributed by atoms with Crippen molar-refractivity contribution in [3.63, 3.8) is 0 Å². The van der Waals surface area contributed by atoms with Crippen LogP contribution in [0.1, 0.15) is 57.4 Å². The molecule has 0 bridgehead atoms. The average Bonchev–Trinajstić information content (AvgIpc) is 2.85. The van der Waals surface area contributed by atoms with Crippen molar-refractivity contribution < 1.29 is 22.4 Å². The van der Waals surface area contributed by atoms with E-state index in [1.165, 1.54) is 21.3 Å². The summed E-state index contributed by atoms with van der Waals surface area (Å²) in [4.78, 5) is 27.9. The van der Waals surface area contributed by atoms with Crippen LogP contribution in [0.15, 0.2) is 48.5 Å². The average molecular weight is 552 g/mol. The van der Waals surface area contributed by atoms with E-state index in [-0.39, 0.29) is 49.6 Å². The van der Waals surface area contributed by atoms with Crippen LogP contribution >= 0.6 is 11.6 Å². The lowest BCUT2D eigenvalue weighted by Crippen LogP contribution is -2.50. The van der Waals surface area contributed by atoms with Gasteiger partial charge in [0.15, 0.2) is 0 Å². The Morgan fingerprint density at radius 1 is 1.11 bits per heavy atom. The third kappa shape index (κ3) is 8.71. The molecule has 202 valence electrons. The van der Waals surface area contributed by atoms with E-state index < -0.39 is 16.1 Å². The van der Waals surface area contributed by atoms with Gasteiger partial charge in [-0.2, -0.15) is 0 Å². The summed E-state index contributed by atoms with van der Waals surface area (Å²) in [6, 6.07) is 11.7. The molecule has 3 rings (SSSR count). The van der Waals surface area contributed by atoms with Crippen LogP contribution in [0.3, 0.4) is 0 Å². The number of anilines is 1.